The van der Waals surface area contributed by atoms with Crippen molar-refractivity contribution in [3.05, 3.63) is 23.9 Å². The minimum Gasteiger partial charge on any atom is -0.476 e. The van der Waals surface area contributed by atoms with E-state index < -0.39 is 0 Å². The van der Waals surface area contributed by atoms with Crippen LogP contribution in [0.3, 0.4) is 0 Å². The lowest BCUT2D eigenvalue weighted by atomic mass is 10.3. The summed E-state index contributed by atoms with van der Waals surface area (Å²) in [7, 11) is 4.01. The predicted molar refractivity (Wildman–Crippen MR) is 56.2 cm³/mol. The van der Waals surface area contributed by atoms with E-state index in [-0.39, 0.29) is 0 Å². The number of ether oxygens (including phenoxy) is 1. The van der Waals surface area contributed by atoms with Crippen LogP contribution in [0.4, 0.5) is 0 Å². The first-order valence-corrected chi connectivity index (χ1v) is 4.65. The predicted octanol–water partition coefficient (Wildman–Crippen LogP) is 0.481. The summed E-state index contributed by atoms with van der Waals surface area (Å²) in [5.41, 5.74) is 6.50. The Labute approximate surface area is 84.7 Å². The highest BCUT2D eigenvalue weighted by atomic mass is 16.5. The molecule has 0 saturated heterocycles. The number of nitrogens with two attached hydrogens (primary N) is 1. The van der Waals surface area contributed by atoms with Gasteiger partial charge in [0.2, 0.25) is 5.88 Å². The van der Waals surface area contributed by atoms with Gasteiger partial charge in [-0.1, -0.05) is 6.07 Å². The molecular weight excluding hydrogens is 178 g/mol. The van der Waals surface area contributed by atoms with Crippen molar-refractivity contribution in [3.63, 3.8) is 0 Å². The molecule has 0 aliphatic heterocycles. The molecule has 0 bridgehead atoms. The third-order valence-electron chi connectivity index (χ3n) is 1.85. The first kappa shape index (κ1) is 10.9. The van der Waals surface area contributed by atoms with E-state index in [1.807, 2.05) is 26.2 Å². The van der Waals surface area contributed by atoms with E-state index in [9.17, 15) is 0 Å². The maximum atomic E-state index is 5.55. The van der Waals surface area contributed by atoms with Gasteiger partial charge in [0.05, 0.1) is 0 Å². The smallest absolute Gasteiger partial charge is 0.217 e. The number of hydrogen-bond acceptors (Lipinski definition) is 4. The number of aromatic nitrogens is 1. The molecule has 2 N–H and O–H groups in total. The van der Waals surface area contributed by atoms with Crippen LogP contribution in [-0.4, -0.2) is 37.1 Å². The molecule has 4 heteroatoms. The lowest BCUT2D eigenvalue weighted by Crippen LogP contribution is -2.20. The van der Waals surface area contributed by atoms with E-state index in [4.69, 9.17) is 10.5 Å². The molecule has 1 heterocycles. The Balaban J connectivity index is 2.49. The van der Waals surface area contributed by atoms with Gasteiger partial charge in [-0.15, -0.1) is 0 Å². The van der Waals surface area contributed by atoms with E-state index in [0.29, 0.717) is 19.0 Å². The Bertz CT molecular complexity index is 276. The molecule has 0 amide bonds. The molecule has 0 unspecified atom stereocenters. The van der Waals surface area contributed by atoms with Crippen LogP contribution in [-0.2, 0) is 6.54 Å². The van der Waals surface area contributed by atoms with Gasteiger partial charge >= 0.3 is 0 Å². The third kappa shape index (κ3) is 3.32. The molecule has 0 saturated carbocycles. The summed E-state index contributed by atoms with van der Waals surface area (Å²) in [6.45, 7) is 1.97. The second-order valence-corrected chi connectivity index (χ2v) is 3.32. The van der Waals surface area contributed by atoms with Gasteiger partial charge in [-0.25, -0.2) is 4.98 Å². The van der Waals surface area contributed by atoms with Crippen LogP contribution < -0.4 is 10.5 Å². The monoisotopic (exact) mass is 195 g/mol. The zero-order chi connectivity index (χ0) is 10.4. The van der Waals surface area contributed by atoms with E-state index in [2.05, 4.69) is 9.88 Å². The van der Waals surface area contributed by atoms with Gasteiger partial charge in [0.25, 0.3) is 0 Å². The number of rotatable bonds is 5. The second-order valence-electron chi connectivity index (χ2n) is 3.32. The van der Waals surface area contributed by atoms with Crippen molar-refractivity contribution in [1.82, 2.24) is 9.88 Å². The van der Waals surface area contributed by atoms with Crippen molar-refractivity contribution in [1.29, 1.82) is 0 Å². The van der Waals surface area contributed by atoms with Gasteiger partial charge in [0, 0.05) is 24.8 Å². The number of pyridine rings is 1. The quantitative estimate of drug-likeness (QED) is 0.742. The molecular formula is C10H17N3O. The first-order chi connectivity index (χ1) is 6.74. The van der Waals surface area contributed by atoms with Crippen molar-refractivity contribution in [2.75, 3.05) is 27.2 Å². The van der Waals surface area contributed by atoms with Crippen LogP contribution in [0.5, 0.6) is 5.88 Å². The van der Waals surface area contributed by atoms with Crippen molar-refractivity contribution in [2.24, 2.45) is 5.73 Å². The summed E-state index contributed by atoms with van der Waals surface area (Å²) in [5.74, 6) is 0.650. The molecule has 0 aliphatic rings. The van der Waals surface area contributed by atoms with Crippen molar-refractivity contribution < 1.29 is 4.74 Å². The molecule has 0 spiro atoms. The van der Waals surface area contributed by atoms with Crippen LogP contribution >= 0.6 is 0 Å². The zero-order valence-corrected chi connectivity index (χ0v) is 8.73. The van der Waals surface area contributed by atoms with E-state index >= 15 is 0 Å². The Morgan fingerprint density at radius 2 is 2.29 bits per heavy atom. The molecule has 1 aromatic heterocycles. The van der Waals surface area contributed by atoms with Gasteiger partial charge in [-0.3, -0.25) is 0 Å². The Morgan fingerprint density at radius 3 is 2.93 bits per heavy atom. The van der Waals surface area contributed by atoms with Crippen LogP contribution in [0.25, 0.3) is 0 Å². The van der Waals surface area contributed by atoms with E-state index in [1.165, 1.54) is 0 Å². The fourth-order valence-corrected chi connectivity index (χ4v) is 1.03. The summed E-state index contributed by atoms with van der Waals surface area (Å²) >= 11 is 0. The van der Waals surface area contributed by atoms with E-state index in [0.717, 1.165) is 12.1 Å². The molecule has 0 aromatic carbocycles. The molecule has 0 radical (unpaired) electrons. The van der Waals surface area contributed by atoms with Crippen molar-refractivity contribution in [2.45, 2.75) is 6.54 Å². The highest BCUT2D eigenvalue weighted by molar-refractivity contribution is 5.24. The lowest BCUT2D eigenvalue weighted by molar-refractivity contribution is 0.252. The van der Waals surface area contributed by atoms with E-state index in [1.54, 1.807) is 6.20 Å². The van der Waals surface area contributed by atoms with Gasteiger partial charge in [0.15, 0.2) is 0 Å². The first-order valence-electron chi connectivity index (χ1n) is 4.65. The molecule has 0 atom stereocenters. The van der Waals surface area contributed by atoms with Gasteiger partial charge in [0.1, 0.15) is 6.61 Å². The second kappa shape index (κ2) is 5.57. The Kier molecular flexibility index (Phi) is 4.35. The largest absolute Gasteiger partial charge is 0.476 e. The lowest BCUT2D eigenvalue weighted by Gasteiger charge is -2.11. The maximum Gasteiger partial charge on any atom is 0.217 e. The molecule has 78 valence electrons. The van der Waals surface area contributed by atoms with Gasteiger partial charge in [-0.2, -0.15) is 0 Å². The highest BCUT2D eigenvalue weighted by Gasteiger charge is 2.01. The summed E-state index contributed by atoms with van der Waals surface area (Å²) in [6, 6.07) is 3.79. The van der Waals surface area contributed by atoms with Crippen LogP contribution in [0.15, 0.2) is 18.3 Å². The number of likely N-dealkylation sites (N-methyl/N-ethyl adjacent to an activating group) is 1. The zero-order valence-electron chi connectivity index (χ0n) is 8.73. The SMILES string of the molecule is CN(C)CCOc1ncccc1CN. The van der Waals surface area contributed by atoms with Gasteiger partial charge in [-0.05, 0) is 20.2 Å². The fraction of sp³-hybridized carbons (Fsp3) is 0.500. The Hall–Kier alpha value is -1.13. The van der Waals surface area contributed by atoms with Crippen LogP contribution in [0.1, 0.15) is 5.56 Å². The third-order valence-corrected chi connectivity index (χ3v) is 1.85. The van der Waals surface area contributed by atoms with Gasteiger partial charge < -0.3 is 15.4 Å². The molecule has 4 nitrogen and oxygen atoms in total. The van der Waals surface area contributed by atoms with Crippen LogP contribution in [0.2, 0.25) is 0 Å². The number of nitrogens with zero attached hydrogens (tertiary/aromatic N) is 2. The minimum atomic E-state index is 0.463. The van der Waals surface area contributed by atoms with Crippen molar-refractivity contribution >= 4 is 0 Å². The Morgan fingerprint density at radius 1 is 1.50 bits per heavy atom. The summed E-state index contributed by atoms with van der Waals surface area (Å²) in [4.78, 5) is 6.19. The van der Waals surface area contributed by atoms with Crippen LogP contribution in [0, 0.1) is 0 Å². The molecule has 14 heavy (non-hydrogen) atoms. The molecule has 0 aliphatic carbocycles. The minimum absolute atomic E-state index is 0.463. The average molecular weight is 195 g/mol. The standard InChI is InChI=1S/C10H17N3O/c1-13(2)6-7-14-10-9(8-11)4-3-5-12-10/h3-5H,6-8,11H2,1-2H3. The molecule has 1 rings (SSSR count). The topological polar surface area (TPSA) is 51.4 Å². The van der Waals surface area contributed by atoms with Crippen molar-refractivity contribution in [3.8, 4) is 5.88 Å². The number of hydrogen-bond donors (Lipinski definition) is 1. The average Bonchev–Trinajstić information content (AvgIpc) is 2.18. The molecule has 0 fully saturated rings. The normalized spacial score (nSPS) is 10.6. The summed E-state index contributed by atoms with van der Waals surface area (Å²) in [5, 5.41) is 0. The fourth-order valence-electron chi connectivity index (χ4n) is 1.03. The summed E-state index contributed by atoms with van der Waals surface area (Å²) < 4.78 is 5.51. The molecule has 1 aromatic rings. The highest BCUT2D eigenvalue weighted by Crippen LogP contribution is 2.12. The maximum absolute atomic E-state index is 5.55. The summed E-state index contributed by atoms with van der Waals surface area (Å²) in [6.07, 6.45) is 1.71.